The maximum atomic E-state index is 13.4. The molecule has 0 bridgehead atoms. The second kappa shape index (κ2) is 4.18. The second-order valence-corrected chi connectivity index (χ2v) is 5.33. The third-order valence-corrected chi connectivity index (χ3v) is 4.07. The molecule has 0 aliphatic heterocycles. The lowest BCUT2D eigenvalue weighted by molar-refractivity contribution is 0.611. The first kappa shape index (κ1) is 11.3. The van der Waals surface area contributed by atoms with Gasteiger partial charge in [-0.25, -0.2) is 4.39 Å². The van der Waals surface area contributed by atoms with E-state index in [1.54, 1.807) is 13.0 Å². The SMILES string of the molecule is CC(Cl)c1cc([SiH3])c(Cl)c(Cl)c1F. The van der Waals surface area contributed by atoms with Crippen LogP contribution in [0.3, 0.4) is 0 Å². The molecule has 0 aliphatic carbocycles. The van der Waals surface area contributed by atoms with Gasteiger partial charge in [0.2, 0.25) is 0 Å². The highest BCUT2D eigenvalue weighted by atomic mass is 35.5. The molecule has 0 N–H and O–H groups in total. The zero-order chi connectivity index (χ0) is 10.2. The molecular formula is C8H8Cl3FSi. The van der Waals surface area contributed by atoms with Gasteiger partial charge < -0.3 is 0 Å². The first-order valence-corrected chi connectivity index (χ1v) is 5.92. The molecule has 1 aromatic rings. The number of hydrogen-bond acceptors (Lipinski definition) is 0. The first-order valence-electron chi connectivity index (χ1n) is 3.73. The molecule has 0 spiro atoms. The molecule has 0 radical (unpaired) electrons. The van der Waals surface area contributed by atoms with Crippen LogP contribution in [0.5, 0.6) is 0 Å². The molecule has 0 amide bonds. The maximum Gasteiger partial charge on any atom is 0.147 e. The summed E-state index contributed by atoms with van der Waals surface area (Å²) in [6, 6.07) is 1.67. The zero-order valence-electron chi connectivity index (χ0n) is 7.17. The summed E-state index contributed by atoms with van der Waals surface area (Å²) in [6.07, 6.45) is 0. The van der Waals surface area contributed by atoms with Crippen molar-refractivity contribution in [3.05, 3.63) is 27.5 Å². The summed E-state index contributed by atoms with van der Waals surface area (Å²) < 4.78 is 13.4. The van der Waals surface area contributed by atoms with Crippen LogP contribution in [0.25, 0.3) is 0 Å². The van der Waals surface area contributed by atoms with Gasteiger partial charge >= 0.3 is 0 Å². The Bertz CT molecular complexity index is 339. The largest absolute Gasteiger partial charge is 0.205 e. The van der Waals surface area contributed by atoms with E-state index in [0.29, 0.717) is 10.6 Å². The van der Waals surface area contributed by atoms with E-state index in [1.807, 2.05) is 0 Å². The molecule has 0 saturated heterocycles. The summed E-state index contributed by atoms with van der Waals surface area (Å²) in [5.41, 5.74) is 0.418. The summed E-state index contributed by atoms with van der Waals surface area (Å²) in [5.74, 6) is -0.506. The van der Waals surface area contributed by atoms with Gasteiger partial charge in [-0.2, -0.15) is 0 Å². The minimum Gasteiger partial charge on any atom is -0.205 e. The minimum absolute atomic E-state index is 0.0170. The van der Waals surface area contributed by atoms with Crippen LogP contribution in [0.2, 0.25) is 10.0 Å². The highest BCUT2D eigenvalue weighted by Crippen LogP contribution is 2.30. The molecule has 0 fully saturated rings. The smallest absolute Gasteiger partial charge is 0.147 e. The molecule has 1 aromatic carbocycles. The first-order chi connectivity index (χ1) is 5.95. The van der Waals surface area contributed by atoms with E-state index in [2.05, 4.69) is 0 Å². The standard InChI is InChI=1S/C8H8Cl3FSi/c1-3(9)4-2-5(13)6(10)7(11)8(4)12/h2-3H,1,13H3. The van der Waals surface area contributed by atoms with E-state index in [4.69, 9.17) is 34.8 Å². The van der Waals surface area contributed by atoms with E-state index < -0.39 is 5.82 Å². The fourth-order valence-corrected chi connectivity index (χ4v) is 2.32. The lowest BCUT2D eigenvalue weighted by Crippen LogP contribution is -2.09. The highest BCUT2D eigenvalue weighted by Gasteiger charge is 2.16. The van der Waals surface area contributed by atoms with Crippen molar-refractivity contribution in [1.82, 2.24) is 0 Å². The number of alkyl halides is 1. The molecule has 1 unspecified atom stereocenters. The molecule has 0 aliphatic rings. The predicted molar refractivity (Wildman–Crippen MR) is 60.3 cm³/mol. The molecule has 72 valence electrons. The van der Waals surface area contributed by atoms with Gasteiger partial charge in [0, 0.05) is 15.8 Å². The van der Waals surface area contributed by atoms with Crippen LogP contribution in [0, 0.1) is 5.82 Å². The van der Waals surface area contributed by atoms with Crippen molar-refractivity contribution >= 4 is 50.2 Å². The Kier molecular flexibility index (Phi) is 3.63. The van der Waals surface area contributed by atoms with Crippen LogP contribution >= 0.6 is 34.8 Å². The number of hydrogen-bond donors (Lipinski definition) is 0. The molecule has 0 saturated carbocycles. The summed E-state index contributed by atoms with van der Waals surface area (Å²) in [7, 11) is 0.725. The van der Waals surface area contributed by atoms with E-state index in [0.717, 1.165) is 15.4 Å². The molecule has 5 heteroatoms. The van der Waals surface area contributed by atoms with Crippen molar-refractivity contribution in [2.24, 2.45) is 0 Å². The molecule has 0 nitrogen and oxygen atoms in total. The number of rotatable bonds is 1. The molecular weight excluding hydrogens is 250 g/mol. The van der Waals surface area contributed by atoms with Crippen LogP contribution in [-0.4, -0.2) is 10.2 Å². The molecule has 1 atom stereocenters. The van der Waals surface area contributed by atoms with Crippen molar-refractivity contribution < 1.29 is 4.39 Å². The molecule has 0 heterocycles. The van der Waals surface area contributed by atoms with Crippen LogP contribution in [-0.2, 0) is 0 Å². The Morgan fingerprint density at radius 3 is 2.38 bits per heavy atom. The number of benzene rings is 1. The predicted octanol–water partition coefficient (Wildman–Crippen LogP) is 2.42. The second-order valence-electron chi connectivity index (χ2n) is 2.84. The zero-order valence-corrected chi connectivity index (χ0v) is 11.4. The Morgan fingerprint density at radius 2 is 1.92 bits per heavy atom. The van der Waals surface area contributed by atoms with Crippen molar-refractivity contribution in [1.29, 1.82) is 0 Å². The summed E-state index contributed by atoms with van der Waals surface area (Å²) >= 11 is 17.2. The fraction of sp³-hybridized carbons (Fsp3) is 0.250. The summed E-state index contributed by atoms with van der Waals surface area (Å²) in [6.45, 7) is 1.70. The van der Waals surface area contributed by atoms with E-state index in [9.17, 15) is 4.39 Å². The average Bonchev–Trinajstić information content (AvgIpc) is 2.07. The summed E-state index contributed by atoms with van der Waals surface area (Å²) in [5, 5.41) is 0.779. The van der Waals surface area contributed by atoms with Crippen LogP contribution in [0.1, 0.15) is 17.9 Å². The Hall–Kier alpha value is 0.237. The molecule has 13 heavy (non-hydrogen) atoms. The van der Waals surface area contributed by atoms with Crippen molar-refractivity contribution in [3.63, 3.8) is 0 Å². The van der Waals surface area contributed by atoms with Crippen LogP contribution in [0.15, 0.2) is 6.07 Å². The van der Waals surface area contributed by atoms with Gasteiger partial charge in [0.25, 0.3) is 0 Å². The van der Waals surface area contributed by atoms with Crippen LogP contribution in [0.4, 0.5) is 4.39 Å². The quantitative estimate of drug-likeness (QED) is 0.412. The third-order valence-electron chi connectivity index (χ3n) is 1.79. The number of halogens is 4. The Balaban J connectivity index is 3.41. The van der Waals surface area contributed by atoms with Gasteiger partial charge in [-0.1, -0.05) is 34.5 Å². The average molecular weight is 258 g/mol. The van der Waals surface area contributed by atoms with Crippen LogP contribution < -0.4 is 5.19 Å². The van der Waals surface area contributed by atoms with Gasteiger partial charge in [-0.15, -0.1) is 11.6 Å². The van der Waals surface area contributed by atoms with Gasteiger partial charge in [-0.05, 0) is 6.92 Å². The van der Waals surface area contributed by atoms with Crippen molar-refractivity contribution in [2.75, 3.05) is 0 Å². The van der Waals surface area contributed by atoms with Crippen molar-refractivity contribution in [2.45, 2.75) is 12.3 Å². The monoisotopic (exact) mass is 256 g/mol. The Labute approximate surface area is 94.4 Å². The lowest BCUT2D eigenvalue weighted by Gasteiger charge is -2.10. The topological polar surface area (TPSA) is 0 Å². The Morgan fingerprint density at radius 1 is 1.38 bits per heavy atom. The van der Waals surface area contributed by atoms with Gasteiger partial charge in [0.05, 0.1) is 15.4 Å². The fourth-order valence-electron chi connectivity index (χ4n) is 1.05. The van der Waals surface area contributed by atoms with Gasteiger partial charge in [0.1, 0.15) is 5.82 Å². The minimum atomic E-state index is -0.506. The van der Waals surface area contributed by atoms with E-state index in [1.165, 1.54) is 0 Å². The van der Waals surface area contributed by atoms with E-state index in [-0.39, 0.29) is 10.4 Å². The molecule has 0 aromatic heterocycles. The van der Waals surface area contributed by atoms with Gasteiger partial charge in [-0.3, -0.25) is 0 Å². The van der Waals surface area contributed by atoms with Gasteiger partial charge in [0.15, 0.2) is 0 Å². The van der Waals surface area contributed by atoms with Crippen molar-refractivity contribution in [3.8, 4) is 0 Å². The highest BCUT2D eigenvalue weighted by molar-refractivity contribution is 6.50. The van der Waals surface area contributed by atoms with E-state index >= 15 is 0 Å². The maximum absolute atomic E-state index is 13.4. The summed E-state index contributed by atoms with van der Waals surface area (Å²) in [4.78, 5) is 0. The molecule has 1 rings (SSSR count). The lowest BCUT2D eigenvalue weighted by atomic mass is 10.1. The third kappa shape index (κ3) is 2.18. The normalized spacial score (nSPS) is 13.3.